The van der Waals surface area contributed by atoms with Crippen LogP contribution in [0.4, 0.5) is 0 Å². The van der Waals surface area contributed by atoms with Gasteiger partial charge in [-0.15, -0.1) is 0 Å². The highest BCUT2D eigenvalue weighted by Gasteiger charge is 2.09. The second kappa shape index (κ2) is 6.95. The van der Waals surface area contributed by atoms with Crippen molar-refractivity contribution in [3.63, 3.8) is 0 Å². The summed E-state index contributed by atoms with van der Waals surface area (Å²) in [5, 5.41) is 0. The molecule has 4 aromatic rings. The molecule has 0 radical (unpaired) electrons. The fourth-order valence-corrected chi connectivity index (χ4v) is 2.93. The summed E-state index contributed by atoms with van der Waals surface area (Å²) in [6, 6.07) is 20.4. The van der Waals surface area contributed by atoms with Crippen LogP contribution in [0.25, 0.3) is 33.6 Å². The van der Waals surface area contributed by atoms with E-state index in [-0.39, 0.29) is 0 Å². The summed E-state index contributed by atoms with van der Waals surface area (Å²) in [5.41, 5.74) is 6.03. The topological polar surface area (TPSA) is 38.7 Å². The Morgan fingerprint density at radius 1 is 0.600 bits per heavy atom. The van der Waals surface area contributed by atoms with Crippen LogP contribution in [0.2, 0.25) is 0 Å². The lowest BCUT2D eigenvalue weighted by Crippen LogP contribution is -1.92. The molecule has 4 rings (SSSR count). The van der Waals surface area contributed by atoms with Gasteiger partial charge in [-0.2, -0.15) is 0 Å². The summed E-state index contributed by atoms with van der Waals surface area (Å²) in [5.74, 6) is 0. The first-order valence-corrected chi connectivity index (χ1v) is 8.68. The average Bonchev–Trinajstić information content (AvgIpc) is 2.69. The molecule has 0 saturated carbocycles. The van der Waals surface area contributed by atoms with E-state index in [1.165, 1.54) is 0 Å². The van der Waals surface area contributed by atoms with Crippen LogP contribution in [0.3, 0.4) is 0 Å². The SMILES string of the molecule is Brc1ccc(-c2cc(-c3cccnc3)nc(-c3cccnc3)c2)cc1. The zero-order chi connectivity index (χ0) is 17.1. The summed E-state index contributed by atoms with van der Waals surface area (Å²) in [7, 11) is 0. The number of aromatic nitrogens is 3. The number of pyridine rings is 3. The predicted octanol–water partition coefficient (Wildman–Crippen LogP) is 5.64. The molecule has 0 bridgehead atoms. The fraction of sp³-hybridized carbons (Fsp3) is 0. The molecule has 0 amide bonds. The third-order valence-electron chi connectivity index (χ3n) is 3.92. The van der Waals surface area contributed by atoms with Gasteiger partial charge >= 0.3 is 0 Å². The molecule has 0 aliphatic carbocycles. The molecule has 0 spiro atoms. The molecule has 3 aromatic heterocycles. The van der Waals surface area contributed by atoms with Gasteiger partial charge in [0.15, 0.2) is 0 Å². The number of nitrogens with zero attached hydrogens (tertiary/aromatic N) is 3. The number of rotatable bonds is 3. The van der Waals surface area contributed by atoms with Crippen LogP contribution in [-0.2, 0) is 0 Å². The minimum absolute atomic E-state index is 0.896. The summed E-state index contributed by atoms with van der Waals surface area (Å²) < 4.78 is 1.06. The first-order chi connectivity index (χ1) is 12.3. The van der Waals surface area contributed by atoms with Crippen LogP contribution in [0.1, 0.15) is 0 Å². The lowest BCUT2D eigenvalue weighted by atomic mass is 10.0. The van der Waals surface area contributed by atoms with Gasteiger partial charge in [-0.05, 0) is 59.7 Å². The van der Waals surface area contributed by atoms with Crippen molar-refractivity contribution in [2.24, 2.45) is 0 Å². The lowest BCUT2D eigenvalue weighted by Gasteiger charge is -2.10. The molecule has 0 saturated heterocycles. The van der Waals surface area contributed by atoms with Crippen LogP contribution >= 0.6 is 15.9 Å². The Labute approximate surface area is 154 Å². The van der Waals surface area contributed by atoms with E-state index in [2.05, 4.69) is 50.2 Å². The Morgan fingerprint density at radius 2 is 1.16 bits per heavy atom. The van der Waals surface area contributed by atoms with Gasteiger partial charge in [-0.3, -0.25) is 9.97 Å². The van der Waals surface area contributed by atoms with Crippen molar-refractivity contribution in [2.45, 2.75) is 0 Å². The van der Waals surface area contributed by atoms with Crippen molar-refractivity contribution in [2.75, 3.05) is 0 Å². The Balaban J connectivity index is 1.90. The van der Waals surface area contributed by atoms with Crippen LogP contribution in [-0.4, -0.2) is 15.0 Å². The van der Waals surface area contributed by atoms with E-state index in [0.717, 1.165) is 38.1 Å². The van der Waals surface area contributed by atoms with E-state index < -0.39 is 0 Å². The number of hydrogen-bond acceptors (Lipinski definition) is 3. The molecule has 0 aliphatic heterocycles. The first kappa shape index (κ1) is 15.7. The van der Waals surface area contributed by atoms with Gasteiger partial charge in [-0.1, -0.05) is 28.1 Å². The standard InChI is InChI=1S/C21H14BrN3/c22-19-7-5-15(6-8-19)18-11-20(16-3-1-9-23-13-16)25-21(12-18)17-4-2-10-24-14-17/h1-14H. The summed E-state index contributed by atoms with van der Waals surface area (Å²) in [4.78, 5) is 13.3. The second-order valence-electron chi connectivity index (χ2n) is 5.62. The van der Waals surface area contributed by atoms with Crippen molar-refractivity contribution in [3.05, 3.63) is 89.9 Å². The van der Waals surface area contributed by atoms with Gasteiger partial charge in [0, 0.05) is 40.4 Å². The molecular weight excluding hydrogens is 374 g/mol. The molecule has 120 valence electrons. The quantitative estimate of drug-likeness (QED) is 0.456. The maximum atomic E-state index is 4.83. The van der Waals surface area contributed by atoms with Crippen LogP contribution in [0.15, 0.2) is 89.9 Å². The van der Waals surface area contributed by atoms with Crippen LogP contribution in [0.5, 0.6) is 0 Å². The second-order valence-corrected chi connectivity index (χ2v) is 6.53. The van der Waals surface area contributed by atoms with E-state index in [1.54, 1.807) is 12.4 Å². The van der Waals surface area contributed by atoms with E-state index in [1.807, 2.05) is 48.8 Å². The zero-order valence-electron chi connectivity index (χ0n) is 13.3. The molecular formula is C21H14BrN3. The summed E-state index contributed by atoms with van der Waals surface area (Å²) >= 11 is 3.49. The zero-order valence-corrected chi connectivity index (χ0v) is 14.9. The van der Waals surface area contributed by atoms with E-state index >= 15 is 0 Å². The predicted molar refractivity (Wildman–Crippen MR) is 104 cm³/mol. The number of benzene rings is 1. The normalized spacial score (nSPS) is 10.6. The third-order valence-corrected chi connectivity index (χ3v) is 4.45. The maximum absolute atomic E-state index is 4.83. The molecule has 0 aliphatic rings. The minimum atomic E-state index is 0.896. The van der Waals surface area contributed by atoms with Gasteiger partial charge in [0.25, 0.3) is 0 Å². The lowest BCUT2D eigenvalue weighted by molar-refractivity contribution is 1.26. The Bertz CT molecular complexity index is 927. The maximum Gasteiger partial charge on any atom is 0.0731 e. The van der Waals surface area contributed by atoms with Crippen LogP contribution in [0, 0.1) is 0 Å². The number of hydrogen-bond donors (Lipinski definition) is 0. The molecule has 0 fully saturated rings. The van der Waals surface area contributed by atoms with E-state index in [0.29, 0.717) is 0 Å². The van der Waals surface area contributed by atoms with Gasteiger partial charge < -0.3 is 0 Å². The van der Waals surface area contributed by atoms with Gasteiger partial charge in [-0.25, -0.2) is 4.98 Å². The van der Waals surface area contributed by atoms with Crippen molar-refractivity contribution in [3.8, 4) is 33.6 Å². The molecule has 0 atom stereocenters. The largest absolute Gasteiger partial charge is 0.264 e. The highest BCUT2D eigenvalue weighted by molar-refractivity contribution is 9.10. The molecule has 4 heteroatoms. The van der Waals surface area contributed by atoms with E-state index in [4.69, 9.17) is 4.98 Å². The third kappa shape index (κ3) is 3.49. The smallest absolute Gasteiger partial charge is 0.0731 e. The summed E-state index contributed by atoms with van der Waals surface area (Å²) in [6.07, 6.45) is 7.20. The Morgan fingerprint density at radius 3 is 1.64 bits per heavy atom. The Hall–Kier alpha value is -2.85. The van der Waals surface area contributed by atoms with Gasteiger partial charge in [0.1, 0.15) is 0 Å². The first-order valence-electron chi connectivity index (χ1n) is 7.88. The monoisotopic (exact) mass is 387 g/mol. The van der Waals surface area contributed by atoms with Crippen molar-refractivity contribution >= 4 is 15.9 Å². The highest BCUT2D eigenvalue weighted by Crippen LogP contribution is 2.30. The highest BCUT2D eigenvalue weighted by atomic mass is 79.9. The molecule has 0 unspecified atom stereocenters. The molecule has 25 heavy (non-hydrogen) atoms. The van der Waals surface area contributed by atoms with Crippen molar-refractivity contribution in [1.29, 1.82) is 0 Å². The fourth-order valence-electron chi connectivity index (χ4n) is 2.66. The average molecular weight is 388 g/mol. The van der Waals surface area contributed by atoms with Crippen molar-refractivity contribution < 1.29 is 0 Å². The number of halogens is 1. The van der Waals surface area contributed by atoms with Gasteiger partial charge in [0.05, 0.1) is 11.4 Å². The molecule has 3 nitrogen and oxygen atoms in total. The van der Waals surface area contributed by atoms with Crippen molar-refractivity contribution in [1.82, 2.24) is 15.0 Å². The summed E-state index contributed by atoms with van der Waals surface area (Å²) in [6.45, 7) is 0. The molecule has 3 heterocycles. The molecule has 1 aromatic carbocycles. The van der Waals surface area contributed by atoms with Crippen LogP contribution < -0.4 is 0 Å². The van der Waals surface area contributed by atoms with E-state index in [9.17, 15) is 0 Å². The molecule has 0 N–H and O–H groups in total. The van der Waals surface area contributed by atoms with Gasteiger partial charge in [0.2, 0.25) is 0 Å². The Kier molecular flexibility index (Phi) is 4.36. The minimum Gasteiger partial charge on any atom is -0.264 e.